The van der Waals surface area contributed by atoms with Gasteiger partial charge < -0.3 is 0 Å². The van der Waals surface area contributed by atoms with E-state index in [4.69, 9.17) is 0 Å². The third kappa shape index (κ3) is 2.28. The van der Waals surface area contributed by atoms with Crippen LogP contribution in [0.4, 0.5) is 13.2 Å². The lowest BCUT2D eigenvalue weighted by molar-refractivity contribution is -0.136. The largest absolute Gasteiger partial charge is 0.418 e. The van der Waals surface area contributed by atoms with E-state index >= 15 is 0 Å². The summed E-state index contributed by atoms with van der Waals surface area (Å²) < 4.78 is 39.6. The summed E-state index contributed by atoms with van der Waals surface area (Å²) in [5.41, 5.74) is 0.238. The maximum absolute atomic E-state index is 13.2. The topological polar surface area (TPSA) is 12.9 Å². The second-order valence-corrected chi connectivity index (χ2v) is 5.89. The minimum Gasteiger partial charge on any atom is -0.256 e. The van der Waals surface area contributed by atoms with Gasteiger partial charge in [0.15, 0.2) is 0 Å². The van der Waals surface area contributed by atoms with Gasteiger partial charge >= 0.3 is 6.18 Å². The van der Waals surface area contributed by atoms with Gasteiger partial charge in [0.25, 0.3) is 0 Å². The molecule has 3 rings (SSSR count). The fourth-order valence-electron chi connectivity index (χ4n) is 2.98. The van der Waals surface area contributed by atoms with Gasteiger partial charge in [0.05, 0.1) is 11.1 Å². The monoisotopic (exact) mass is 279 g/mol. The Morgan fingerprint density at radius 3 is 2.60 bits per heavy atom. The van der Waals surface area contributed by atoms with Crippen LogP contribution in [0.1, 0.15) is 37.3 Å². The number of halogens is 3. The van der Waals surface area contributed by atoms with Gasteiger partial charge in [0.2, 0.25) is 0 Å². The molecule has 1 aliphatic carbocycles. The van der Waals surface area contributed by atoms with E-state index in [1.165, 1.54) is 12.3 Å². The summed E-state index contributed by atoms with van der Waals surface area (Å²) in [5.74, 6) is 1.28. The fourth-order valence-corrected chi connectivity index (χ4v) is 2.98. The average Bonchev–Trinajstić information content (AvgIpc) is 3.16. The number of fused-ring (bicyclic) bond motifs is 1. The smallest absolute Gasteiger partial charge is 0.256 e. The van der Waals surface area contributed by atoms with Crippen LogP contribution in [0.5, 0.6) is 0 Å². The van der Waals surface area contributed by atoms with E-state index in [1.54, 1.807) is 12.1 Å². The van der Waals surface area contributed by atoms with Crippen LogP contribution in [0.15, 0.2) is 30.5 Å². The maximum atomic E-state index is 13.2. The maximum Gasteiger partial charge on any atom is 0.418 e. The number of rotatable bonds is 2. The molecular weight excluding hydrogens is 263 g/mol. The summed E-state index contributed by atoms with van der Waals surface area (Å²) in [4.78, 5) is 3.90. The molecule has 2 aromatic rings. The van der Waals surface area contributed by atoms with E-state index in [0.29, 0.717) is 17.2 Å². The van der Waals surface area contributed by atoms with E-state index in [0.717, 1.165) is 12.0 Å². The van der Waals surface area contributed by atoms with Crippen molar-refractivity contribution in [1.29, 1.82) is 0 Å². The Bertz CT molecular complexity index is 646. The molecule has 20 heavy (non-hydrogen) atoms. The summed E-state index contributed by atoms with van der Waals surface area (Å²) in [6.45, 7) is 4.25. The lowest BCUT2D eigenvalue weighted by Crippen LogP contribution is -2.07. The molecule has 1 saturated carbocycles. The highest BCUT2D eigenvalue weighted by Gasteiger charge is 2.42. The number of hydrogen-bond donors (Lipinski definition) is 0. The van der Waals surface area contributed by atoms with Crippen LogP contribution in [0.2, 0.25) is 0 Å². The van der Waals surface area contributed by atoms with E-state index in [-0.39, 0.29) is 11.4 Å². The molecule has 1 fully saturated rings. The SMILES string of the molecule is CC(C)[C@H]1C[C@@H]1c1cc(C(F)(F)F)c2ncccc2c1. The minimum atomic E-state index is -4.36. The van der Waals surface area contributed by atoms with Crippen molar-refractivity contribution < 1.29 is 13.2 Å². The molecule has 0 saturated heterocycles. The summed E-state index contributed by atoms with van der Waals surface area (Å²) in [5, 5.41) is 0.576. The van der Waals surface area contributed by atoms with Gasteiger partial charge in [-0.3, -0.25) is 4.98 Å². The molecule has 1 aromatic carbocycles. The molecule has 1 aromatic heterocycles. The van der Waals surface area contributed by atoms with Crippen LogP contribution in [0.25, 0.3) is 10.9 Å². The predicted molar refractivity (Wildman–Crippen MR) is 72.4 cm³/mol. The Balaban J connectivity index is 2.12. The first kappa shape index (κ1) is 13.4. The molecule has 0 amide bonds. The van der Waals surface area contributed by atoms with Crippen molar-refractivity contribution in [2.75, 3.05) is 0 Å². The van der Waals surface area contributed by atoms with Crippen molar-refractivity contribution >= 4 is 10.9 Å². The quantitative estimate of drug-likeness (QED) is 0.752. The molecule has 1 aliphatic rings. The van der Waals surface area contributed by atoms with E-state index in [1.807, 2.05) is 6.07 Å². The van der Waals surface area contributed by atoms with Gasteiger partial charge in [-0.25, -0.2) is 0 Å². The minimum absolute atomic E-state index is 0.0468. The summed E-state index contributed by atoms with van der Waals surface area (Å²) in [6, 6.07) is 6.54. The molecule has 1 heterocycles. The van der Waals surface area contributed by atoms with Crippen molar-refractivity contribution in [1.82, 2.24) is 4.98 Å². The number of nitrogens with zero attached hydrogens (tertiary/aromatic N) is 1. The van der Waals surface area contributed by atoms with Gasteiger partial charge in [-0.2, -0.15) is 13.2 Å². The Morgan fingerprint density at radius 2 is 2.00 bits per heavy atom. The lowest BCUT2D eigenvalue weighted by Gasteiger charge is -2.13. The van der Waals surface area contributed by atoms with Crippen LogP contribution in [-0.2, 0) is 6.18 Å². The zero-order chi connectivity index (χ0) is 14.5. The van der Waals surface area contributed by atoms with Gasteiger partial charge in [0, 0.05) is 11.6 Å². The first-order chi connectivity index (χ1) is 9.38. The van der Waals surface area contributed by atoms with Gasteiger partial charge in [-0.05, 0) is 47.9 Å². The van der Waals surface area contributed by atoms with Crippen LogP contribution < -0.4 is 0 Å². The van der Waals surface area contributed by atoms with E-state index in [9.17, 15) is 13.2 Å². The normalized spacial score (nSPS) is 22.5. The number of hydrogen-bond acceptors (Lipinski definition) is 1. The Labute approximate surface area is 115 Å². The highest BCUT2D eigenvalue weighted by molar-refractivity contribution is 5.83. The zero-order valence-electron chi connectivity index (χ0n) is 11.4. The summed E-state index contributed by atoms with van der Waals surface area (Å²) >= 11 is 0. The molecule has 1 nitrogen and oxygen atoms in total. The second-order valence-electron chi connectivity index (χ2n) is 5.89. The zero-order valence-corrected chi connectivity index (χ0v) is 11.4. The highest BCUT2D eigenvalue weighted by atomic mass is 19.4. The molecular formula is C16H16F3N. The summed E-state index contributed by atoms with van der Waals surface area (Å²) in [7, 11) is 0. The van der Waals surface area contributed by atoms with Crippen LogP contribution >= 0.6 is 0 Å². The molecule has 0 aliphatic heterocycles. The first-order valence-electron chi connectivity index (χ1n) is 6.84. The third-order valence-electron chi connectivity index (χ3n) is 4.16. The molecule has 0 spiro atoms. The summed E-state index contributed by atoms with van der Waals surface area (Å²) in [6.07, 6.45) is -1.96. The number of benzene rings is 1. The number of aromatic nitrogens is 1. The lowest BCUT2D eigenvalue weighted by atomic mass is 9.98. The second kappa shape index (κ2) is 4.47. The molecule has 0 bridgehead atoms. The van der Waals surface area contributed by atoms with Crippen molar-refractivity contribution in [3.05, 3.63) is 41.6 Å². The van der Waals surface area contributed by atoms with Gasteiger partial charge in [-0.1, -0.05) is 19.9 Å². The molecule has 0 unspecified atom stereocenters. The molecule has 0 N–H and O–H groups in total. The Kier molecular flexibility index (Phi) is 3.00. The number of alkyl halides is 3. The molecule has 2 atom stereocenters. The van der Waals surface area contributed by atoms with Crippen molar-refractivity contribution in [2.45, 2.75) is 32.4 Å². The van der Waals surface area contributed by atoms with Gasteiger partial charge in [0.1, 0.15) is 0 Å². The fraction of sp³-hybridized carbons (Fsp3) is 0.438. The van der Waals surface area contributed by atoms with Crippen LogP contribution in [0.3, 0.4) is 0 Å². The van der Waals surface area contributed by atoms with E-state index in [2.05, 4.69) is 18.8 Å². The third-order valence-corrected chi connectivity index (χ3v) is 4.16. The first-order valence-corrected chi connectivity index (χ1v) is 6.84. The standard InChI is InChI=1S/C16H16F3N/c1-9(2)12-8-13(12)11-6-10-4-3-5-20-15(10)14(7-11)16(17,18)19/h3-7,9,12-13H,8H2,1-2H3/t12-,13-/m1/s1. The Morgan fingerprint density at radius 1 is 1.25 bits per heavy atom. The van der Waals surface area contributed by atoms with Gasteiger partial charge in [-0.15, -0.1) is 0 Å². The molecule has 4 heteroatoms. The Hall–Kier alpha value is -1.58. The highest BCUT2D eigenvalue weighted by Crippen LogP contribution is 2.52. The van der Waals surface area contributed by atoms with E-state index < -0.39 is 11.7 Å². The van der Waals surface area contributed by atoms with Crippen LogP contribution in [-0.4, -0.2) is 4.98 Å². The van der Waals surface area contributed by atoms with Crippen molar-refractivity contribution in [2.24, 2.45) is 11.8 Å². The molecule has 106 valence electrons. The van der Waals surface area contributed by atoms with Crippen LogP contribution in [0, 0.1) is 11.8 Å². The van der Waals surface area contributed by atoms with Crippen molar-refractivity contribution in [3.8, 4) is 0 Å². The number of pyridine rings is 1. The average molecular weight is 279 g/mol. The molecule has 0 radical (unpaired) electrons. The predicted octanol–water partition coefficient (Wildman–Crippen LogP) is 5.01. The van der Waals surface area contributed by atoms with Crippen molar-refractivity contribution in [3.63, 3.8) is 0 Å².